The molecule has 2 heterocycles. The second kappa shape index (κ2) is 7.09. The van der Waals surface area contributed by atoms with Gasteiger partial charge in [-0.2, -0.15) is 0 Å². The van der Waals surface area contributed by atoms with Gasteiger partial charge in [-0.25, -0.2) is 0 Å². The first-order chi connectivity index (χ1) is 12.4. The maximum Gasteiger partial charge on any atom is 0.231 e. The SMILES string of the molecule is [c]1cc2c(cc1/C=C\c1cncc(OCc3ccccc3)c1)OCO2. The van der Waals surface area contributed by atoms with E-state index in [4.69, 9.17) is 14.2 Å². The Bertz CT molecular complexity index is 891. The summed E-state index contributed by atoms with van der Waals surface area (Å²) >= 11 is 0. The zero-order chi connectivity index (χ0) is 16.9. The second-order valence-electron chi connectivity index (χ2n) is 5.58. The molecule has 123 valence electrons. The van der Waals surface area contributed by atoms with Gasteiger partial charge in [0.25, 0.3) is 0 Å². The van der Waals surface area contributed by atoms with Crippen molar-refractivity contribution in [3.63, 3.8) is 0 Å². The molecule has 1 aromatic heterocycles. The fourth-order valence-corrected chi connectivity index (χ4v) is 2.48. The molecule has 3 aromatic rings. The highest BCUT2D eigenvalue weighted by molar-refractivity contribution is 5.70. The summed E-state index contributed by atoms with van der Waals surface area (Å²) in [6.45, 7) is 0.784. The van der Waals surface area contributed by atoms with Crippen LogP contribution in [0.5, 0.6) is 17.2 Å². The number of rotatable bonds is 5. The first-order valence-corrected chi connectivity index (χ1v) is 7.98. The molecule has 0 aliphatic carbocycles. The standard InChI is InChI=1S/C21H16NO3/c1-2-4-17(5-3-1)14-23-19-10-18(12-22-13-19)7-6-16-8-9-20-21(11-16)25-15-24-20/h1-7,9-13H,14-15H2/b7-6-. The molecule has 0 spiro atoms. The lowest BCUT2D eigenvalue weighted by atomic mass is 10.1. The van der Waals surface area contributed by atoms with Crippen LogP contribution in [0, 0.1) is 6.07 Å². The molecule has 0 bridgehead atoms. The van der Waals surface area contributed by atoms with E-state index in [1.807, 2.05) is 54.6 Å². The molecule has 0 saturated heterocycles. The van der Waals surface area contributed by atoms with E-state index in [-0.39, 0.29) is 6.79 Å². The van der Waals surface area contributed by atoms with Crippen molar-refractivity contribution in [2.75, 3.05) is 6.79 Å². The van der Waals surface area contributed by atoms with Gasteiger partial charge in [0, 0.05) is 6.20 Å². The molecule has 1 radical (unpaired) electrons. The number of hydrogen-bond donors (Lipinski definition) is 0. The van der Waals surface area contributed by atoms with E-state index < -0.39 is 0 Å². The summed E-state index contributed by atoms with van der Waals surface area (Å²) in [5.41, 5.74) is 3.00. The average Bonchev–Trinajstić information content (AvgIpc) is 3.14. The largest absolute Gasteiger partial charge is 0.487 e. The molecular formula is C21H16NO3. The fraction of sp³-hybridized carbons (Fsp3) is 0.0952. The van der Waals surface area contributed by atoms with Gasteiger partial charge in [-0.3, -0.25) is 4.98 Å². The normalized spacial score (nSPS) is 12.5. The smallest absolute Gasteiger partial charge is 0.231 e. The van der Waals surface area contributed by atoms with E-state index in [0.29, 0.717) is 6.61 Å². The number of nitrogens with zero attached hydrogens (tertiary/aromatic N) is 1. The van der Waals surface area contributed by atoms with Crippen LogP contribution in [0.25, 0.3) is 12.2 Å². The van der Waals surface area contributed by atoms with Crippen LogP contribution < -0.4 is 14.2 Å². The molecule has 0 fully saturated rings. The Morgan fingerprint density at radius 1 is 1.04 bits per heavy atom. The van der Waals surface area contributed by atoms with Crippen LogP contribution in [-0.4, -0.2) is 11.8 Å². The minimum Gasteiger partial charge on any atom is -0.487 e. The summed E-state index contributed by atoms with van der Waals surface area (Å²) in [5.74, 6) is 2.22. The maximum absolute atomic E-state index is 5.80. The van der Waals surface area contributed by atoms with Gasteiger partial charge in [-0.1, -0.05) is 42.5 Å². The first-order valence-electron chi connectivity index (χ1n) is 7.98. The predicted octanol–water partition coefficient (Wildman–Crippen LogP) is 4.36. The van der Waals surface area contributed by atoms with Crippen molar-refractivity contribution < 1.29 is 14.2 Å². The first kappa shape index (κ1) is 15.3. The van der Waals surface area contributed by atoms with Crippen LogP contribution in [-0.2, 0) is 6.61 Å². The molecule has 0 saturated carbocycles. The molecule has 25 heavy (non-hydrogen) atoms. The molecule has 0 unspecified atom stereocenters. The van der Waals surface area contributed by atoms with E-state index in [1.165, 1.54) is 0 Å². The number of hydrogen-bond acceptors (Lipinski definition) is 4. The molecular weight excluding hydrogens is 314 g/mol. The van der Waals surface area contributed by atoms with Gasteiger partial charge < -0.3 is 14.2 Å². The van der Waals surface area contributed by atoms with Crippen molar-refractivity contribution in [3.05, 3.63) is 83.7 Å². The molecule has 0 amide bonds. The van der Waals surface area contributed by atoms with Crippen molar-refractivity contribution in [1.82, 2.24) is 4.98 Å². The minimum absolute atomic E-state index is 0.265. The van der Waals surface area contributed by atoms with Gasteiger partial charge in [0.05, 0.1) is 6.20 Å². The predicted molar refractivity (Wildman–Crippen MR) is 95.3 cm³/mol. The Labute approximate surface area is 146 Å². The number of benzene rings is 2. The van der Waals surface area contributed by atoms with Gasteiger partial charge in [0.1, 0.15) is 12.4 Å². The zero-order valence-electron chi connectivity index (χ0n) is 13.5. The third-order valence-corrected chi connectivity index (χ3v) is 3.77. The fourth-order valence-electron chi connectivity index (χ4n) is 2.48. The van der Waals surface area contributed by atoms with Crippen LogP contribution >= 0.6 is 0 Å². The number of pyridine rings is 1. The maximum atomic E-state index is 5.80. The highest BCUT2D eigenvalue weighted by Crippen LogP contribution is 2.32. The Morgan fingerprint density at radius 2 is 1.92 bits per heavy atom. The van der Waals surface area contributed by atoms with Crippen LogP contribution in [0.4, 0.5) is 0 Å². The summed E-state index contributed by atoms with van der Waals surface area (Å²) < 4.78 is 16.5. The lowest BCUT2D eigenvalue weighted by Gasteiger charge is -2.06. The highest BCUT2D eigenvalue weighted by Gasteiger charge is 2.12. The van der Waals surface area contributed by atoms with Gasteiger partial charge >= 0.3 is 0 Å². The average molecular weight is 330 g/mol. The van der Waals surface area contributed by atoms with Crippen LogP contribution in [0.1, 0.15) is 16.7 Å². The lowest BCUT2D eigenvalue weighted by molar-refractivity contribution is 0.174. The van der Waals surface area contributed by atoms with E-state index in [2.05, 4.69) is 11.1 Å². The van der Waals surface area contributed by atoms with Crippen molar-refractivity contribution in [2.45, 2.75) is 6.61 Å². The molecule has 0 N–H and O–H groups in total. The lowest BCUT2D eigenvalue weighted by Crippen LogP contribution is -1.95. The molecule has 4 rings (SSSR count). The summed E-state index contributed by atoms with van der Waals surface area (Å²) in [7, 11) is 0. The van der Waals surface area contributed by atoms with Gasteiger partial charge in [-0.05, 0) is 41.0 Å². The Hall–Kier alpha value is -3.27. The molecule has 4 nitrogen and oxygen atoms in total. The molecule has 2 aromatic carbocycles. The van der Waals surface area contributed by atoms with Crippen molar-refractivity contribution >= 4 is 12.2 Å². The third-order valence-electron chi connectivity index (χ3n) is 3.77. The Balaban J connectivity index is 1.44. The number of fused-ring (bicyclic) bond motifs is 1. The summed E-state index contributed by atoms with van der Waals surface area (Å²) in [6, 6.07) is 18.9. The minimum atomic E-state index is 0.265. The van der Waals surface area contributed by atoms with E-state index in [0.717, 1.165) is 33.9 Å². The van der Waals surface area contributed by atoms with Crippen LogP contribution in [0.2, 0.25) is 0 Å². The third kappa shape index (κ3) is 3.80. The van der Waals surface area contributed by atoms with Crippen LogP contribution in [0.15, 0.2) is 60.9 Å². The second-order valence-corrected chi connectivity index (χ2v) is 5.58. The number of aromatic nitrogens is 1. The van der Waals surface area contributed by atoms with Crippen LogP contribution in [0.3, 0.4) is 0 Å². The van der Waals surface area contributed by atoms with Crippen molar-refractivity contribution in [2.24, 2.45) is 0 Å². The summed E-state index contributed by atoms with van der Waals surface area (Å²) in [5, 5.41) is 0. The molecule has 1 aliphatic rings. The topological polar surface area (TPSA) is 40.6 Å². The van der Waals surface area contributed by atoms with Crippen molar-refractivity contribution in [1.29, 1.82) is 0 Å². The Kier molecular flexibility index (Phi) is 4.33. The molecule has 1 aliphatic heterocycles. The van der Waals surface area contributed by atoms with Gasteiger partial charge in [0.2, 0.25) is 6.79 Å². The monoisotopic (exact) mass is 330 g/mol. The quantitative estimate of drug-likeness (QED) is 0.697. The van der Waals surface area contributed by atoms with E-state index >= 15 is 0 Å². The summed E-state index contributed by atoms with van der Waals surface area (Å²) in [4.78, 5) is 4.24. The molecule has 0 atom stereocenters. The molecule has 4 heteroatoms. The van der Waals surface area contributed by atoms with Crippen molar-refractivity contribution in [3.8, 4) is 17.2 Å². The van der Waals surface area contributed by atoms with Gasteiger partial charge in [-0.15, -0.1) is 0 Å². The van der Waals surface area contributed by atoms with Gasteiger partial charge in [0.15, 0.2) is 11.5 Å². The van der Waals surface area contributed by atoms with E-state index in [1.54, 1.807) is 18.5 Å². The summed E-state index contributed by atoms with van der Waals surface area (Å²) in [6.07, 6.45) is 7.43. The van der Waals surface area contributed by atoms with E-state index in [9.17, 15) is 0 Å². The Morgan fingerprint density at radius 3 is 2.84 bits per heavy atom. The highest BCUT2D eigenvalue weighted by atomic mass is 16.7. The number of ether oxygens (including phenoxy) is 3. The zero-order valence-corrected chi connectivity index (χ0v) is 13.5.